The Balaban J connectivity index is 0.00000312. The first-order chi connectivity index (χ1) is 11.2. The Morgan fingerprint density at radius 1 is 1.40 bits per heavy atom. The van der Waals surface area contributed by atoms with Crippen LogP contribution in [0, 0.1) is 0 Å². The summed E-state index contributed by atoms with van der Waals surface area (Å²) >= 11 is 1.97. The van der Waals surface area contributed by atoms with Gasteiger partial charge in [-0.1, -0.05) is 0 Å². The van der Waals surface area contributed by atoms with Crippen molar-refractivity contribution in [1.82, 2.24) is 19.5 Å². The standard InChI is InChI=1S/C15H27N5O2S2.HI/c1-15(2)12-20(9-10-23-15)14(16-3)17-6-7-18-24(21,22)13-5-8-19(4)11-13;/h5,8,11,18H,6-7,9-10,12H2,1-4H3,(H,16,17);1H. The molecule has 10 heteroatoms. The third kappa shape index (κ3) is 6.65. The number of aliphatic imine (C=N–C) groups is 1. The molecule has 0 aromatic carbocycles. The maximum atomic E-state index is 12.2. The molecule has 1 fully saturated rings. The van der Waals surface area contributed by atoms with Crippen LogP contribution in [0.1, 0.15) is 13.8 Å². The molecule has 25 heavy (non-hydrogen) atoms. The number of aromatic nitrogens is 1. The zero-order valence-electron chi connectivity index (χ0n) is 15.2. The topological polar surface area (TPSA) is 78.7 Å². The second-order valence-electron chi connectivity index (χ2n) is 6.41. The molecule has 2 N–H and O–H groups in total. The summed E-state index contributed by atoms with van der Waals surface area (Å²) in [4.78, 5) is 6.82. The summed E-state index contributed by atoms with van der Waals surface area (Å²) in [7, 11) is 0.0946. The Morgan fingerprint density at radius 3 is 2.68 bits per heavy atom. The van der Waals surface area contributed by atoms with Gasteiger partial charge in [0.15, 0.2) is 5.96 Å². The highest BCUT2D eigenvalue weighted by atomic mass is 127. The van der Waals surface area contributed by atoms with Crippen molar-refractivity contribution < 1.29 is 8.42 Å². The summed E-state index contributed by atoms with van der Waals surface area (Å²) in [5.74, 6) is 1.89. The predicted molar refractivity (Wildman–Crippen MR) is 115 cm³/mol. The fourth-order valence-corrected chi connectivity index (χ4v) is 4.80. The van der Waals surface area contributed by atoms with E-state index in [1.165, 1.54) is 0 Å². The molecule has 0 amide bonds. The second-order valence-corrected chi connectivity index (χ2v) is 9.98. The average molecular weight is 501 g/mol. The highest BCUT2D eigenvalue weighted by Crippen LogP contribution is 2.29. The molecular weight excluding hydrogens is 473 g/mol. The lowest BCUT2D eigenvalue weighted by atomic mass is 10.2. The van der Waals surface area contributed by atoms with Gasteiger partial charge in [0.1, 0.15) is 0 Å². The van der Waals surface area contributed by atoms with Crippen LogP contribution in [0.2, 0.25) is 0 Å². The Labute approximate surface area is 172 Å². The molecule has 1 aliphatic heterocycles. The second kappa shape index (κ2) is 9.47. The summed E-state index contributed by atoms with van der Waals surface area (Å²) in [6.45, 7) is 7.12. The molecule has 2 heterocycles. The SMILES string of the molecule is CN=C(NCCNS(=O)(=O)c1ccn(C)c1)N1CCSC(C)(C)C1.I. The number of hydrogen-bond acceptors (Lipinski definition) is 4. The molecule has 7 nitrogen and oxygen atoms in total. The molecule has 1 aromatic heterocycles. The summed E-state index contributed by atoms with van der Waals surface area (Å²) in [6.07, 6.45) is 3.30. The van der Waals surface area contributed by atoms with Crippen LogP contribution >= 0.6 is 35.7 Å². The lowest BCUT2D eigenvalue weighted by molar-refractivity contribution is 0.376. The summed E-state index contributed by atoms with van der Waals surface area (Å²) in [6, 6.07) is 1.59. The van der Waals surface area contributed by atoms with Crippen LogP contribution in [0.5, 0.6) is 0 Å². The molecule has 0 radical (unpaired) electrons. The van der Waals surface area contributed by atoms with Crippen molar-refractivity contribution in [3.05, 3.63) is 18.5 Å². The van der Waals surface area contributed by atoms with Gasteiger partial charge in [-0.15, -0.1) is 24.0 Å². The van der Waals surface area contributed by atoms with E-state index in [1.807, 2.05) is 11.8 Å². The van der Waals surface area contributed by atoms with E-state index in [2.05, 4.69) is 33.8 Å². The monoisotopic (exact) mass is 501 g/mol. The van der Waals surface area contributed by atoms with Crippen molar-refractivity contribution in [3.8, 4) is 0 Å². The van der Waals surface area contributed by atoms with Gasteiger partial charge in [0.25, 0.3) is 0 Å². The van der Waals surface area contributed by atoms with E-state index in [-0.39, 0.29) is 33.6 Å². The van der Waals surface area contributed by atoms with Crippen LogP contribution < -0.4 is 10.0 Å². The maximum absolute atomic E-state index is 12.2. The van der Waals surface area contributed by atoms with E-state index >= 15 is 0 Å². The van der Waals surface area contributed by atoms with Crippen molar-refractivity contribution in [2.75, 3.05) is 39.0 Å². The number of sulfonamides is 1. The van der Waals surface area contributed by atoms with Crippen molar-refractivity contribution in [2.24, 2.45) is 12.0 Å². The molecular formula is C15H28IN5O2S2. The molecule has 1 aromatic rings. The Hall–Kier alpha value is -0.460. The average Bonchev–Trinajstić information content (AvgIpc) is 2.94. The normalized spacial score (nSPS) is 17.9. The molecule has 0 unspecified atom stereocenters. The van der Waals surface area contributed by atoms with E-state index in [0.717, 1.165) is 24.8 Å². The molecule has 0 spiro atoms. The highest BCUT2D eigenvalue weighted by Gasteiger charge is 2.28. The largest absolute Gasteiger partial charge is 0.356 e. The van der Waals surface area contributed by atoms with Crippen molar-refractivity contribution in [2.45, 2.75) is 23.5 Å². The predicted octanol–water partition coefficient (Wildman–Crippen LogP) is 1.32. The van der Waals surface area contributed by atoms with Crippen molar-refractivity contribution >= 4 is 51.7 Å². The third-order valence-corrected chi connectivity index (χ3v) is 6.50. The van der Waals surface area contributed by atoms with Crippen LogP contribution in [-0.2, 0) is 17.1 Å². The van der Waals surface area contributed by atoms with Crippen LogP contribution in [0.25, 0.3) is 0 Å². The van der Waals surface area contributed by atoms with Gasteiger partial charge in [0, 0.05) is 63.2 Å². The first-order valence-corrected chi connectivity index (χ1v) is 10.4. The number of aryl methyl sites for hydroxylation is 1. The minimum Gasteiger partial charge on any atom is -0.356 e. The van der Waals surface area contributed by atoms with Gasteiger partial charge in [-0.3, -0.25) is 4.99 Å². The van der Waals surface area contributed by atoms with Gasteiger partial charge in [0.05, 0.1) is 4.90 Å². The number of hydrogen-bond donors (Lipinski definition) is 2. The summed E-state index contributed by atoms with van der Waals surface area (Å²) in [5.41, 5.74) is 0. The van der Waals surface area contributed by atoms with E-state index in [4.69, 9.17) is 0 Å². The summed E-state index contributed by atoms with van der Waals surface area (Å²) < 4.78 is 28.8. The number of halogens is 1. The molecule has 1 saturated heterocycles. The van der Waals surface area contributed by atoms with Gasteiger partial charge in [-0.25, -0.2) is 13.1 Å². The lowest BCUT2D eigenvalue weighted by Gasteiger charge is -2.39. The van der Waals surface area contributed by atoms with Gasteiger partial charge in [-0.05, 0) is 19.9 Å². The quantitative estimate of drug-likeness (QED) is 0.276. The van der Waals surface area contributed by atoms with Gasteiger partial charge < -0.3 is 14.8 Å². The Bertz CT molecular complexity index is 688. The number of rotatable bonds is 5. The zero-order chi connectivity index (χ0) is 17.8. The molecule has 0 saturated carbocycles. The maximum Gasteiger partial charge on any atom is 0.242 e. The lowest BCUT2D eigenvalue weighted by Crippen LogP contribution is -2.51. The van der Waals surface area contributed by atoms with E-state index in [0.29, 0.717) is 13.1 Å². The number of nitrogens with one attached hydrogen (secondary N) is 2. The third-order valence-electron chi connectivity index (χ3n) is 3.75. The van der Waals surface area contributed by atoms with E-state index in [9.17, 15) is 8.42 Å². The van der Waals surface area contributed by atoms with Crippen LogP contribution in [-0.4, -0.2) is 67.6 Å². The van der Waals surface area contributed by atoms with Gasteiger partial charge >= 0.3 is 0 Å². The number of thioether (sulfide) groups is 1. The van der Waals surface area contributed by atoms with Gasteiger partial charge in [0.2, 0.25) is 10.0 Å². The minimum absolute atomic E-state index is 0. The summed E-state index contributed by atoms with van der Waals surface area (Å²) in [5, 5.41) is 3.24. The first kappa shape index (κ1) is 22.6. The molecule has 1 aliphatic rings. The van der Waals surface area contributed by atoms with Crippen LogP contribution in [0.3, 0.4) is 0 Å². The number of nitrogens with zero attached hydrogens (tertiary/aromatic N) is 3. The van der Waals surface area contributed by atoms with E-state index in [1.54, 1.807) is 37.1 Å². The zero-order valence-corrected chi connectivity index (χ0v) is 19.1. The van der Waals surface area contributed by atoms with Crippen molar-refractivity contribution in [3.63, 3.8) is 0 Å². The molecule has 0 bridgehead atoms. The fraction of sp³-hybridized carbons (Fsp3) is 0.667. The van der Waals surface area contributed by atoms with E-state index < -0.39 is 10.0 Å². The molecule has 0 atom stereocenters. The van der Waals surface area contributed by atoms with Crippen LogP contribution in [0.15, 0.2) is 28.3 Å². The smallest absolute Gasteiger partial charge is 0.242 e. The minimum atomic E-state index is -3.46. The molecule has 144 valence electrons. The molecule has 2 rings (SSSR count). The fourth-order valence-electron chi connectivity index (χ4n) is 2.61. The first-order valence-electron chi connectivity index (χ1n) is 7.95. The number of guanidine groups is 1. The highest BCUT2D eigenvalue weighted by molar-refractivity contribution is 14.0. The molecule has 0 aliphatic carbocycles. The Kier molecular flexibility index (Phi) is 8.55. The Morgan fingerprint density at radius 2 is 2.12 bits per heavy atom. The van der Waals surface area contributed by atoms with Crippen LogP contribution in [0.4, 0.5) is 0 Å². The van der Waals surface area contributed by atoms with Crippen molar-refractivity contribution in [1.29, 1.82) is 0 Å². The van der Waals surface area contributed by atoms with Gasteiger partial charge in [-0.2, -0.15) is 11.8 Å².